The van der Waals surface area contributed by atoms with Crippen LogP contribution in [0.2, 0.25) is 0 Å². The van der Waals surface area contributed by atoms with Crippen LogP contribution in [0.5, 0.6) is 0 Å². The number of aromatic carboxylic acids is 1. The van der Waals surface area contributed by atoms with Crippen molar-refractivity contribution >= 4 is 17.6 Å². The van der Waals surface area contributed by atoms with E-state index in [0.717, 1.165) is 0 Å². The molecule has 0 saturated carbocycles. The number of carbonyl (C=O) groups is 2. The summed E-state index contributed by atoms with van der Waals surface area (Å²) in [6.45, 7) is 4.60. The van der Waals surface area contributed by atoms with E-state index in [1.807, 2.05) is 13.8 Å². The molecule has 0 aromatic heterocycles. The second-order valence-corrected chi connectivity index (χ2v) is 4.63. The Balaban J connectivity index is 2.74. The summed E-state index contributed by atoms with van der Waals surface area (Å²) in [4.78, 5) is 24.5. The Morgan fingerprint density at radius 2 is 1.95 bits per heavy atom. The lowest BCUT2D eigenvalue weighted by Gasteiger charge is -2.19. The minimum absolute atomic E-state index is 0.109. The van der Waals surface area contributed by atoms with Crippen molar-refractivity contribution in [1.82, 2.24) is 5.32 Å². The van der Waals surface area contributed by atoms with Crippen molar-refractivity contribution < 1.29 is 14.7 Å². The summed E-state index contributed by atoms with van der Waals surface area (Å²) in [5, 5.41) is 12.3. The van der Waals surface area contributed by atoms with E-state index in [-0.39, 0.29) is 11.5 Å². The van der Waals surface area contributed by atoms with E-state index in [0.29, 0.717) is 24.7 Å². The number of hydrogen-bond acceptors (Lipinski definition) is 3. The van der Waals surface area contributed by atoms with Crippen LogP contribution in [0.3, 0.4) is 0 Å². The lowest BCUT2D eigenvalue weighted by molar-refractivity contribution is -0.118. The van der Waals surface area contributed by atoms with Gasteiger partial charge < -0.3 is 15.3 Å². The van der Waals surface area contributed by atoms with Gasteiger partial charge in [-0.2, -0.15) is 0 Å². The van der Waals surface area contributed by atoms with E-state index < -0.39 is 5.97 Å². The molecule has 104 valence electrons. The molecule has 0 heterocycles. The van der Waals surface area contributed by atoms with Gasteiger partial charge in [0.15, 0.2) is 0 Å². The molecule has 5 heteroatoms. The van der Waals surface area contributed by atoms with E-state index >= 15 is 0 Å². The first-order valence-corrected chi connectivity index (χ1v) is 6.25. The van der Waals surface area contributed by atoms with Gasteiger partial charge in [-0.25, -0.2) is 4.79 Å². The van der Waals surface area contributed by atoms with Gasteiger partial charge in [-0.15, -0.1) is 0 Å². The third-order valence-electron chi connectivity index (χ3n) is 2.76. The van der Waals surface area contributed by atoms with Crippen molar-refractivity contribution in [3.05, 3.63) is 29.8 Å². The molecule has 0 aliphatic heterocycles. The minimum atomic E-state index is -1.03. The summed E-state index contributed by atoms with van der Waals surface area (Å²) in [6, 6.07) is 6.82. The van der Waals surface area contributed by atoms with Gasteiger partial charge in [0.2, 0.25) is 5.91 Å². The third kappa shape index (κ3) is 4.37. The summed E-state index contributed by atoms with van der Waals surface area (Å²) in [6.07, 6.45) is 0.336. The molecule has 0 spiro atoms. The van der Waals surface area contributed by atoms with Crippen molar-refractivity contribution in [3.63, 3.8) is 0 Å². The maximum atomic E-state index is 12.0. The Hall–Kier alpha value is -1.88. The van der Waals surface area contributed by atoms with Gasteiger partial charge in [0.1, 0.15) is 0 Å². The monoisotopic (exact) mass is 264 g/mol. The zero-order valence-corrected chi connectivity index (χ0v) is 11.5. The Kier molecular flexibility index (Phi) is 5.51. The summed E-state index contributed by atoms with van der Waals surface area (Å²) in [5.74, 6) is -1.14. The fourth-order valence-electron chi connectivity index (χ4n) is 1.72. The predicted octanol–water partition coefficient (Wildman–Crippen LogP) is 1.74. The van der Waals surface area contributed by atoms with Gasteiger partial charge in [-0.05, 0) is 12.1 Å². The molecule has 0 aliphatic rings. The Morgan fingerprint density at radius 1 is 1.32 bits per heavy atom. The van der Waals surface area contributed by atoms with Gasteiger partial charge in [0.25, 0.3) is 0 Å². The highest BCUT2D eigenvalue weighted by molar-refractivity contribution is 6.01. The number of carboxylic acids is 1. The van der Waals surface area contributed by atoms with E-state index in [9.17, 15) is 9.59 Å². The molecule has 2 N–H and O–H groups in total. The number of amides is 1. The van der Waals surface area contributed by atoms with Crippen LogP contribution in [0.4, 0.5) is 5.69 Å². The molecule has 0 bridgehead atoms. The first-order valence-electron chi connectivity index (χ1n) is 6.25. The van der Waals surface area contributed by atoms with Crippen molar-refractivity contribution in [2.75, 3.05) is 18.5 Å². The SMILES string of the molecule is CC(C)NCCC(=O)N(C)c1ccccc1C(=O)O. The van der Waals surface area contributed by atoms with Crippen molar-refractivity contribution in [2.45, 2.75) is 26.3 Å². The minimum Gasteiger partial charge on any atom is -0.478 e. The summed E-state index contributed by atoms with van der Waals surface area (Å²) in [5.41, 5.74) is 0.555. The van der Waals surface area contributed by atoms with E-state index in [4.69, 9.17) is 5.11 Å². The molecular formula is C14H20N2O3. The fourth-order valence-corrected chi connectivity index (χ4v) is 1.72. The standard InChI is InChI=1S/C14H20N2O3/c1-10(2)15-9-8-13(17)16(3)12-7-5-4-6-11(12)14(18)19/h4-7,10,15H,8-9H2,1-3H3,(H,18,19). The normalized spacial score (nSPS) is 10.5. The van der Waals surface area contributed by atoms with Crippen molar-refractivity contribution in [1.29, 1.82) is 0 Å². The molecule has 0 radical (unpaired) electrons. The van der Waals surface area contributed by atoms with Crippen LogP contribution in [0.15, 0.2) is 24.3 Å². The van der Waals surface area contributed by atoms with Crippen LogP contribution in [0.1, 0.15) is 30.6 Å². The quantitative estimate of drug-likeness (QED) is 0.821. The number of hydrogen-bond donors (Lipinski definition) is 2. The van der Waals surface area contributed by atoms with Crippen LogP contribution in [0.25, 0.3) is 0 Å². The number of carboxylic acid groups (broad SMARTS) is 1. The molecular weight excluding hydrogens is 244 g/mol. The molecule has 19 heavy (non-hydrogen) atoms. The second-order valence-electron chi connectivity index (χ2n) is 4.63. The van der Waals surface area contributed by atoms with Crippen LogP contribution in [0, 0.1) is 0 Å². The van der Waals surface area contributed by atoms with Crippen LogP contribution in [-0.2, 0) is 4.79 Å². The first-order chi connectivity index (χ1) is 8.93. The topological polar surface area (TPSA) is 69.6 Å². The van der Waals surface area contributed by atoms with Crippen LogP contribution >= 0.6 is 0 Å². The van der Waals surface area contributed by atoms with Crippen molar-refractivity contribution in [3.8, 4) is 0 Å². The Labute approximate surface area is 113 Å². The average Bonchev–Trinajstić information content (AvgIpc) is 2.37. The average molecular weight is 264 g/mol. The number of rotatable bonds is 6. The Bertz CT molecular complexity index is 458. The molecule has 1 aromatic carbocycles. The molecule has 0 unspecified atom stereocenters. The van der Waals surface area contributed by atoms with Crippen LogP contribution in [-0.4, -0.2) is 36.6 Å². The highest BCUT2D eigenvalue weighted by atomic mass is 16.4. The predicted molar refractivity (Wildman–Crippen MR) is 74.6 cm³/mol. The van der Waals surface area contributed by atoms with Gasteiger partial charge in [-0.1, -0.05) is 26.0 Å². The smallest absolute Gasteiger partial charge is 0.337 e. The van der Waals surface area contributed by atoms with E-state index in [2.05, 4.69) is 5.32 Å². The maximum absolute atomic E-state index is 12.0. The van der Waals surface area contributed by atoms with E-state index in [1.165, 1.54) is 11.0 Å². The molecule has 0 atom stereocenters. The summed E-state index contributed by atoms with van der Waals surface area (Å²) >= 11 is 0. The summed E-state index contributed by atoms with van der Waals surface area (Å²) < 4.78 is 0. The zero-order chi connectivity index (χ0) is 14.4. The molecule has 0 fully saturated rings. The van der Waals surface area contributed by atoms with Gasteiger partial charge in [0.05, 0.1) is 11.3 Å². The number of para-hydroxylation sites is 1. The zero-order valence-electron chi connectivity index (χ0n) is 11.5. The number of carbonyl (C=O) groups excluding carboxylic acids is 1. The number of anilines is 1. The highest BCUT2D eigenvalue weighted by Gasteiger charge is 2.17. The molecule has 1 aromatic rings. The largest absolute Gasteiger partial charge is 0.478 e. The highest BCUT2D eigenvalue weighted by Crippen LogP contribution is 2.19. The van der Waals surface area contributed by atoms with Gasteiger partial charge in [-0.3, -0.25) is 4.79 Å². The molecule has 5 nitrogen and oxygen atoms in total. The molecule has 0 saturated heterocycles. The van der Waals surface area contributed by atoms with Gasteiger partial charge >= 0.3 is 5.97 Å². The lowest BCUT2D eigenvalue weighted by atomic mass is 10.1. The molecule has 0 aliphatic carbocycles. The second kappa shape index (κ2) is 6.89. The van der Waals surface area contributed by atoms with Crippen LogP contribution < -0.4 is 10.2 Å². The molecule has 1 amide bonds. The van der Waals surface area contributed by atoms with Crippen molar-refractivity contribution in [2.24, 2.45) is 0 Å². The van der Waals surface area contributed by atoms with Gasteiger partial charge in [0, 0.05) is 26.1 Å². The fraction of sp³-hybridized carbons (Fsp3) is 0.429. The number of benzene rings is 1. The van der Waals surface area contributed by atoms with E-state index in [1.54, 1.807) is 25.2 Å². The Morgan fingerprint density at radius 3 is 2.53 bits per heavy atom. The maximum Gasteiger partial charge on any atom is 0.337 e. The first kappa shape index (κ1) is 15.2. The summed E-state index contributed by atoms with van der Waals surface area (Å²) in [7, 11) is 1.60. The molecule has 1 rings (SSSR count). The lowest BCUT2D eigenvalue weighted by Crippen LogP contribution is -2.32. The number of nitrogens with one attached hydrogen (secondary N) is 1. The number of nitrogens with zero attached hydrogens (tertiary/aromatic N) is 1. The third-order valence-corrected chi connectivity index (χ3v) is 2.76.